The molecule has 0 unspecified atom stereocenters. The van der Waals surface area contributed by atoms with Crippen molar-refractivity contribution in [2.24, 2.45) is 0 Å². The van der Waals surface area contributed by atoms with Crippen LogP contribution in [0.5, 0.6) is 0 Å². The molecule has 46 valence electrons. The highest BCUT2D eigenvalue weighted by Crippen LogP contribution is 1.39. The summed E-state index contributed by atoms with van der Waals surface area (Å²) in [5.74, 6) is 0. The lowest BCUT2D eigenvalue weighted by Gasteiger charge is -1.70. The topological polar surface area (TPSA) is 80.9 Å². The van der Waals surface area contributed by atoms with E-state index in [1.165, 1.54) is 0 Å². The van der Waals surface area contributed by atoms with E-state index >= 15 is 0 Å². The zero-order valence-electron chi connectivity index (χ0n) is 3.91. The summed E-state index contributed by atoms with van der Waals surface area (Å²) in [5, 5.41) is 29.5. The fourth-order valence-electron chi connectivity index (χ4n) is 0. The lowest BCUT2D eigenvalue weighted by atomic mass is 10.8. The smallest absolute Gasteiger partial charge is 0.140 e. The van der Waals surface area contributed by atoms with Crippen molar-refractivity contribution in [1.82, 2.24) is 0 Å². The Morgan fingerprint density at radius 3 is 0.857 bits per heavy atom. The molecule has 0 radical (unpaired) electrons. The molecule has 0 spiro atoms. The van der Waals surface area contributed by atoms with Crippen molar-refractivity contribution in [3.63, 3.8) is 0 Å². The van der Waals surface area contributed by atoms with E-state index in [9.17, 15) is 0 Å². The van der Waals surface area contributed by atoms with Gasteiger partial charge in [0.2, 0.25) is 0 Å². The van der Waals surface area contributed by atoms with Crippen LogP contribution < -0.4 is 0 Å². The average Bonchev–Trinajstić information content (AvgIpc) is 1.69. The zero-order valence-corrected chi connectivity index (χ0v) is 3.91. The maximum absolute atomic E-state index is 7.62. The van der Waals surface area contributed by atoms with Crippen molar-refractivity contribution in [3.05, 3.63) is 0 Å². The monoisotopic (exact) mass is 110 g/mol. The second-order valence-corrected chi connectivity index (χ2v) is 0.589. The molecule has 4 N–H and O–H groups in total. The van der Waals surface area contributed by atoms with Crippen LogP contribution in [0.1, 0.15) is 0 Å². The van der Waals surface area contributed by atoms with Crippen LogP contribution in [0.15, 0.2) is 0 Å². The molecule has 0 saturated carbocycles. The van der Waals surface area contributed by atoms with E-state index in [4.69, 9.17) is 20.4 Å². The SMILES string of the molecule is OCCO.OCO. The molecule has 0 heterocycles. The van der Waals surface area contributed by atoms with Gasteiger partial charge in [-0.15, -0.1) is 0 Å². The van der Waals surface area contributed by atoms with Crippen LogP contribution in [0, 0.1) is 0 Å². The maximum atomic E-state index is 7.62. The van der Waals surface area contributed by atoms with Crippen molar-refractivity contribution in [1.29, 1.82) is 0 Å². The molecule has 4 nitrogen and oxygen atoms in total. The third-order valence-electron chi connectivity index (χ3n) is 0.1000. The largest absolute Gasteiger partial charge is 0.394 e. The molecule has 0 atom stereocenters. The van der Waals surface area contributed by atoms with Gasteiger partial charge < -0.3 is 20.4 Å². The molecule has 0 bridgehead atoms. The van der Waals surface area contributed by atoms with Crippen molar-refractivity contribution in [2.45, 2.75) is 0 Å². The number of hydrogen-bond acceptors (Lipinski definition) is 4. The van der Waals surface area contributed by atoms with Gasteiger partial charge in [0, 0.05) is 0 Å². The Labute approximate surface area is 41.7 Å². The Kier molecular flexibility index (Phi) is 24.1. The summed E-state index contributed by atoms with van der Waals surface area (Å²) < 4.78 is 0. The van der Waals surface area contributed by atoms with Crippen molar-refractivity contribution < 1.29 is 20.4 Å². The molecule has 0 rings (SSSR count). The van der Waals surface area contributed by atoms with Crippen LogP contribution in [0.25, 0.3) is 0 Å². The molecule has 0 aromatic heterocycles. The summed E-state index contributed by atoms with van der Waals surface area (Å²) in [6.07, 6.45) is 0. The summed E-state index contributed by atoms with van der Waals surface area (Å²) in [6.45, 7) is -1.00. The summed E-state index contributed by atoms with van der Waals surface area (Å²) in [6, 6.07) is 0. The minimum Gasteiger partial charge on any atom is -0.394 e. The second-order valence-electron chi connectivity index (χ2n) is 0.589. The van der Waals surface area contributed by atoms with Crippen LogP contribution in [-0.2, 0) is 0 Å². The summed E-state index contributed by atoms with van der Waals surface area (Å²) in [4.78, 5) is 0. The maximum Gasteiger partial charge on any atom is 0.140 e. The first-order chi connectivity index (χ1) is 3.33. The first-order valence-corrected chi connectivity index (χ1v) is 1.76. The van der Waals surface area contributed by atoms with Gasteiger partial charge in [-0.3, -0.25) is 0 Å². The molecule has 0 aromatic carbocycles. The van der Waals surface area contributed by atoms with E-state index in [0.29, 0.717) is 0 Å². The summed E-state index contributed by atoms with van der Waals surface area (Å²) in [7, 11) is 0. The third-order valence-corrected chi connectivity index (χ3v) is 0.1000. The molecule has 0 amide bonds. The highest BCUT2D eigenvalue weighted by Gasteiger charge is 1.58. The average molecular weight is 110 g/mol. The van der Waals surface area contributed by atoms with Crippen LogP contribution in [0.3, 0.4) is 0 Å². The van der Waals surface area contributed by atoms with Gasteiger partial charge in [-0.2, -0.15) is 0 Å². The summed E-state index contributed by atoms with van der Waals surface area (Å²) in [5.41, 5.74) is 0. The number of aliphatic hydroxyl groups excluding tert-OH is 3. The number of hydrogen-bond donors (Lipinski definition) is 4. The van der Waals surface area contributed by atoms with Crippen molar-refractivity contribution in [2.75, 3.05) is 20.0 Å². The molecule has 0 aromatic rings. The molecule has 0 aliphatic rings. The predicted octanol–water partition coefficient (Wildman–Crippen LogP) is -2.10. The molecule has 7 heavy (non-hydrogen) atoms. The van der Waals surface area contributed by atoms with E-state index in [-0.39, 0.29) is 13.2 Å². The van der Waals surface area contributed by atoms with Gasteiger partial charge in [0.05, 0.1) is 13.2 Å². The first kappa shape index (κ1) is 9.96. The van der Waals surface area contributed by atoms with Crippen LogP contribution in [-0.4, -0.2) is 40.4 Å². The normalized spacial score (nSPS) is 6.86. The Hall–Kier alpha value is -0.160. The molecular weight excluding hydrogens is 100 g/mol. The van der Waals surface area contributed by atoms with Gasteiger partial charge in [-0.1, -0.05) is 0 Å². The van der Waals surface area contributed by atoms with Gasteiger partial charge in [0.1, 0.15) is 6.79 Å². The van der Waals surface area contributed by atoms with Gasteiger partial charge >= 0.3 is 0 Å². The van der Waals surface area contributed by atoms with Gasteiger partial charge in [-0.25, -0.2) is 0 Å². The molecular formula is C3H10O4. The van der Waals surface area contributed by atoms with E-state index in [1.807, 2.05) is 0 Å². The Morgan fingerprint density at radius 2 is 0.857 bits per heavy atom. The van der Waals surface area contributed by atoms with E-state index in [2.05, 4.69) is 0 Å². The van der Waals surface area contributed by atoms with Gasteiger partial charge in [0.25, 0.3) is 0 Å². The molecule has 0 fully saturated rings. The molecule has 0 saturated heterocycles. The van der Waals surface area contributed by atoms with E-state index in [0.717, 1.165) is 0 Å². The van der Waals surface area contributed by atoms with Gasteiger partial charge in [-0.05, 0) is 0 Å². The van der Waals surface area contributed by atoms with E-state index < -0.39 is 6.79 Å². The predicted molar refractivity (Wildman–Crippen MR) is 23.5 cm³/mol. The third kappa shape index (κ3) is 122. The minimum absolute atomic E-state index is 0.125. The second kappa shape index (κ2) is 17.0. The lowest BCUT2D eigenvalue weighted by Crippen LogP contribution is -1.85. The highest BCUT2D eigenvalue weighted by atomic mass is 16.5. The van der Waals surface area contributed by atoms with Crippen LogP contribution in [0.2, 0.25) is 0 Å². The first-order valence-electron chi connectivity index (χ1n) is 1.76. The number of rotatable bonds is 1. The standard InChI is InChI=1S/C2H6O2.CH4O2/c3-1-2-4;2-1-3/h3-4H,1-2H2;2-3H,1H2. The van der Waals surface area contributed by atoms with Crippen LogP contribution >= 0.6 is 0 Å². The minimum atomic E-state index is -0.750. The number of aliphatic hydroxyl groups is 4. The Balaban J connectivity index is 0. The Bertz CT molecular complexity index is 14.4. The zero-order chi connectivity index (χ0) is 6.12. The lowest BCUT2D eigenvalue weighted by molar-refractivity contribution is 0.0773. The van der Waals surface area contributed by atoms with Crippen molar-refractivity contribution in [3.8, 4) is 0 Å². The fraction of sp³-hybridized carbons (Fsp3) is 1.00. The van der Waals surface area contributed by atoms with Gasteiger partial charge in [0.15, 0.2) is 0 Å². The molecule has 0 aliphatic heterocycles. The molecule has 0 aliphatic carbocycles. The van der Waals surface area contributed by atoms with Crippen molar-refractivity contribution >= 4 is 0 Å². The molecule has 4 heteroatoms. The summed E-state index contributed by atoms with van der Waals surface area (Å²) >= 11 is 0. The van der Waals surface area contributed by atoms with Crippen LogP contribution in [0.4, 0.5) is 0 Å². The quantitative estimate of drug-likeness (QED) is 0.291. The fourth-order valence-corrected chi connectivity index (χ4v) is 0. The Morgan fingerprint density at radius 1 is 0.714 bits per heavy atom. The highest BCUT2D eigenvalue weighted by molar-refractivity contribution is 4.06. The van der Waals surface area contributed by atoms with E-state index in [1.54, 1.807) is 0 Å².